The lowest BCUT2D eigenvalue weighted by atomic mass is 10.1. The van der Waals surface area contributed by atoms with E-state index in [2.05, 4.69) is 10.1 Å². The zero-order chi connectivity index (χ0) is 13.5. The minimum absolute atomic E-state index is 0.190. The maximum absolute atomic E-state index is 12.0. The third kappa shape index (κ3) is 8.76. The van der Waals surface area contributed by atoms with Gasteiger partial charge in [0.2, 0.25) is 0 Å². The molecule has 0 heterocycles. The number of nitrogens with one attached hydrogen (secondary N) is 1. The molecule has 0 fully saturated rings. The molecule has 1 atom stereocenters. The van der Waals surface area contributed by atoms with E-state index >= 15 is 0 Å². The predicted octanol–water partition coefficient (Wildman–Crippen LogP) is 1.86. The summed E-state index contributed by atoms with van der Waals surface area (Å²) in [6.45, 7) is -2.69. The summed E-state index contributed by atoms with van der Waals surface area (Å²) in [7, 11) is 0. The monoisotopic (exact) mass is 264 g/mol. The summed E-state index contributed by atoms with van der Waals surface area (Å²) in [5.74, 6) is -2.18. The van der Waals surface area contributed by atoms with Crippen LogP contribution in [-0.2, 0) is 4.74 Å². The molecule has 0 spiro atoms. The van der Waals surface area contributed by atoms with Gasteiger partial charge in [-0.25, -0.2) is 0 Å². The number of rotatable bonds is 6. The van der Waals surface area contributed by atoms with Gasteiger partial charge in [0.1, 0.15) is 6.61 Å². The van der Waals surface area contributed by atoms with Crippen LogP contribution in [-0.4, -0.2) is 38.7 Å². The summed E-state index contributed by atoms with van der Waals surface area (Å²) >= 11 is 0. The Balaban J connectivity index is 3.62. The molecule has 1 N–H and O–H groups in total. The topological polar surface area (TPSA) is 45.0 Å². The first kappa shape index (κ1) is 16.0. The van der Waals surface area contributed by atoms with Crippen LogP contribution in [0.5, 0.6) is 0 Å². The van der Waals surface area contributed by atoms with E-state index in [0.29, 0.717) is 0 Å². The minimum atomic E-state index is -4.64. The van der Waals surface area contributed by atoms with Gasteiger partial charge in [-0.1, -0.05) is 0 Å². The van der Waals surface area contributed by atoms with Crippen molar-refractivity contribution in [3.63, 3.8) is 0 Å². The number of halogens is 6. The molecule has 0 aliphatic carbocycles. The second kappa shape index (κ2) is 6.66. The molecule has 0 aromatic rings. The summed E-state index contributed by atoms with van der Waals surface area (Å²) in [4.78, 5) is 0. The van der Waals surface area contributed by atoms with Gasteiger partial charge in [0.15, 0.2) is 5.92 Å². The van der Waals surface area contributed by atoms with E-state index in [0.717, 1.165) is 6.07 Å². The fraction of sp³-hybridized carbons (Fsp3) is 0.875. The lowest BCUT2D eigenvalue weighted by Crippen LogP contribution is -2.34. The molecule has 0 aromatic heterocycles. The molecule has 3 nitrogen and oxygen atoms in total. The van der Waals surface area contributed by atoms with Crippen molar-refractivity contribution in [2.24, 2.45) is 5.92 Å². The van der Waals surface area contributed by atoms with E-state index in [1.165, 1.54) is 0 Å². The Bertz CT molecular complexity index is 256. The summed E-state index contributed by atoms with van der Waals surface area (Å²) in [6.07, 6.45) is -9.10. The van der Waals surface area contributed by atoms with Crippen LogP contribution in [0.25, 0.3) is 0 Å². The largest absolute Gasteiger partial charge is 0.411 e. The number of hydrogen-bond acceptors (Lipinski definition) is 3. The third-order valence-electron chi connectivity index (χ3n) is 1.59. The van der Waals surface area contributed by atoms with Crippen molar-refractivity contribution in [3.8, 4) is 6.07 Å². The number of hydrogen-bond donors (Lipinski definition) is 1. The van der Waals surface area contributed by atoms with Crippen molar-refractivity contribution < 1.29 is 31.1 Å². The quantitative estimate of drug-likeness (QED) is 0.588. The molecule has 1 unspecified atom stereocenters. The van der Waals surface area contributed by atoms with E-state index in [1.807, 2.05) is 0 Å². The average molecular weight is 264 g/mol. The van der Waals surface area contributed by atoms with E-state index in [4.69, 9.17) is 5.26 Å². The smallest absolute Gasteiger partial charge is 0.371 e. The molecule has 0 aliphatic heterocycles. The molecule has 0 bridgehead atoms. The Morgan fingerprint density at radius 3 is 2.18 bits per heavy atom. The molecule has 0 amide bonds. The van der Waals surface area contributed by atoms with Crippen molar-refractivity contribution in [1.82, 2.24) is 5.32 Å². The summed E-state index contributed by atoms with van der Waals surface area (Å²) in [5, 5.41) is 10.4. The Morgan fingerprint density at radius 2 is 1.76 bits per heavy atom. The normalized spacial score (nSPS) is 14.4. The Morgan fingerprint density at radius 1 is 1.18 bits per heavy atom. The second-order valence-electron chi connectivity index (χ2n) is 3.10. The van der Waals surface area contributed by atoms with Crippen molar-refractivity contribution in [3.05, 3.63) is 0 Å². The first-order chi connectivity index (χ1) is 7.67. The SMILES string of the molecule is N#CC(CNCCOCC(F)(F)F)C(F)(F)F. The van der Waals surface area contributed by atoms with Gasteiger partial charge in [-0.2, -0.15) is 31.6 Å². The number of nitriles is 1. The van der Waals surface area contributed by atoms with Crippen molar-refractivity contribution in [2.75, 3.05) is 26.3 Å². The maximum Gasteiger partial charge on any atom is 0.411 e. The van der Waals surface area contributed by atoms with Gasteiger partial charge in [-0.15, -0.1) is 0 Å². The Labute approximate surface area is 93.3 Å². The van der Waals surface area contributed by atoms with E-state index < -0.39 is 31.4 Å². The molecule has 0 saturated heterocycles. The summed E-state index contributed by atoms with van der Waals surface area (Å²) < 4.78 is 74.9. The van der Waals surface area contributed by atoms with Gasteiger partial charge in [0, 0.05) is 13.1 Å². The second-order valence-corrected chi connectivity index (χ2v) is 3.10. The van der Waals surface area contributed by atoms with Crippen LogP contribution in [0.15, 0.2) is 0 Å². The molecule has 0 saturated carbocycles. The number of alkyl halides is 6. The molecule has 0 radical (unpaired) electrons. The summed E-state index contributed by atoms with van der Waals surface area (Å²) in [6, 6.07) is 1.05. The molecular formula is C8H10F6N2O. The van der Waals surface area contributed by atoms with Gasteiger partial charge >= 0.3 is 12.4 Å². The fourth-order valence-electron chi connectivity index (χ4n) is 0.813. The third-order valence-corrected chi connectivity index (χ3v) is 1.59. The predicted molar refractivity (Wildman–Crippen MR) is 44.9 cm³/mol. The summed E-state index contributed by atoms with van der Waals surface area (Å²) in [5.41, 5.74) is 0. The van der Waals surface area contributed by atoms with Gasteiger partial charge in [-0.3, -0.25) is 0 Å². The molecule has 100 valence electrons. The highest BCUT2D eigenvalue weighted by atomic mass is 19.4. The zero-order valence-corrected chi connectivity index (χ0v) is 8.53. The maximum atomic E-state index is 12.0. The molecule has 17 heavy (non-hydrogen) atoms. The van der Waals surface area contributed by atoms with Crippen LogP contribution in [0.4, 0.5) is 26.3 Å². The van der Waals surface area contributed by atoms with Gasteiger partial charge in [0.25, 0.3) is 0 Å². The van der Waals surface area contributed by atoms with Gasteiger partial charge < -0.3 is 10.1 Å². The molecule has 0 aliphatic rings. The van der Waals surface area contributed by atoms with E-state index in [-0.39, 0.29) is 13.2 Å². The van der Waals surface area contributed by atoms with Crippen molar-refractivity contribution >= 4 is 0 Å². The first-order valence-electron chi connectivity index (χ1n) is 4.48. The molecule has 9 heteroatoms. The van der Waals surface area contributed by atoms with Crippen LogP contribution in [0.1, 0.15) is 0 Å². The lowest BCUT2D eigenvalue weighted by Gasteiger charge is -2.14. The average Bonchev–Trinajstić information content (AvgIpc) is 2.12. The van der Waals surface area contributed by atoms with E-state index in [1.54, 1.807) is 0 Å². The number of ether oxygens (including phenoxy) is 1. The molecular weight excluding hydrogens is 254 g/mol. The van der Waals surface area contributed by atoms with Crippen LogP contribution in [0.2, 0.25) is 0 Å². The van der Waals surface area contributed by atoms with Crippen LogP contribution < -0.4 is 5.32 Å². The highest BCUT2D eigenvalue weighted by Crippen LogP contribution is 2.24. The molecule has 0 aromatic carbocycles. The minimum Gasteiger partial charge on any atom is -0.371 e. The first-order valence-corrected chi connectivity index (χ1v) is 4.48. The van der Waals surface area contributed by atoms with Gasteiger partial charge in [0.05, 0.1) is 12.7 Å². The number of nitrogens with zero attached hydrogens (tertiary/aromatic N) is 1. The van der Waals surface area contributed by atoms with E-state index in [9.17, 15) is 26.3 Å². The lowest BCUT2D eigenvalue weighted by molar-refractivity contribution is -0.173. The highest BCUT2D eigenvalue weighted by molar-refractivity contribution is 4.89. The van der Waals surface area contributed by atoms with Gasteiger partial charge in [-0.05, 0) is 0 Å². The van der Waals surface area contributed by atoms with Crippen LogP contribution in [0, 0.1) is 17.2 Å². The Hall–Kier alpha value is -1.01. The van der Waals surface area contributed by atoms with Crippen molar-refractivity contribution in [1.29, 1.82) is 5.26 Å². The fourth-order valence-corrected chi connectivity index (χ4v) is 0.813. The highest BCUT2D eigenvalue weighted by Gasteiger charge is 2.39. The van der Waals surface area contributed by atoms with Crippen molar-refractivity contribution in [2.45, 2.75) is 12.4 Å². The van der Waals surface area contributed by atoms with Crippen LogP contribution >= 0.6 is 0 Å². The Kier molecular flexibility index (Phi) is 6.26. The molecule has 0 rings (SSSR count). The van der Waals surface area contributed by atoms with Crippen LogP contribution in [0.3, 0.4) is 0 Å². The standard InChI is InChI=1S/C8H10F6N2O/c9-7(10,11)5-17-2-1-16-4-6(3-15)8(12,13)14/h6,16H,1-2,4-5H2. The zero-order valence-electron chi connectivity index (χ0n) is 8.53.